The van der Waals surface area contributed by atoms with Gasteiger partial charge in [-0.25, -0.2) is 9.79 Å². The molecular formula is C18H19ClN4O2S. The summed E-state index contributed by atoms with van der Waals surface area (Å²) in [5.41, 5.74) is 7.51. The first-order chi connectivity index (χ1) is 12.5. The lowest BCUT2D eigenvalue weighted by atomic mass is 10.1. The van der Waals surface area contributed by atoms with Crippen molar-refractivity contribution in [3.63, 3.8) is 0 Å². The number of aromatic amines is 1. The molecule has 0 fully saturated rings. The number of carbonyl (C=O) groups excluding carboxylic acids is 1. The first-order valence-electron chi connectivity index (χ1n) is 8.16. The van der Waals surface area contributed by atoms with Crippen LogP contribution in [0.15, 0.2) is 34.4 Å². The van der Waals surface area contributed by atoms with Gasteiger partial charge in [0.15, 0.2) is 5.17 Å². The lowest BCUT2D eigenvalue weighted by molar-refractivity contribution is 0.0525. The van der Waals surface area contributed by atoms with Crippen LogP contribution in [-0.4, -0.2) is 34.2 Å². The number of nitrogens with one attached hydrogen (secondary N) is 2. The number of ether oxygens (including phenoxy) is 1. The summed E-state index contributed by atoms with van der Waals surface area (Å²) >= 11 is 7.50. The summed E-state index contributed by atoms with van der Waals surface area (Å²) in [5, 5.41) is 5.74. The molecule has 2 heterocycles. The lowest BCUT2D eigenvalue weighted by Crippen LogP contribution is -2.26. The molecule has 0 unspecified atom stereocenters. The highest BCUT2D eigenvalue weighted by Crippen LogP contribution is 2.25. The van der Waals surface area contributed by atoms with Gasteiger partial charge in [-0.2, -0.15) is 5.10 Å². The molecule has 0 bridgehead atoms. The highest BCUT2D eigenvalue weighted by Gasteiger charge is 2.26. The maximum absolute atomic E-state index is 12.3. The molecule has 0 radical (unpaired) electrons. The minimum Gasteiger partial charge on any atom is -0.462 e. The van der Waals surface area contributed by atoms with Gasteiger partial charge < -0.3 is 9.72 Å². The van der Waals surface area contributed by atoms with Crippen molar-refractivity contribution in [1.29, 1.82) is 0 Å². The van der Waals surface area contributed by atoms with Crippen molar-refractivity contribution in [2.75, 3.05) is 12.4 Å². The third-order valence-electron chi connectivity index (χ3n) is 3.81. The number of aryl methyl sites for hydroxylation is 2. The zero-order chi connectivity index (χ0) is 18.7. The van der Waals surface area contributed by atoms with Gasteiger partial charge >= 0.3 is 5.97 Å². The third-order valence-corrected chi connectivity index (χ3v) is 4.92. The highest BCUT2D eigenvalue weighted by molar-refractivity contribution is 8.14. The molecule has 2 N–H and O–H groups in total. The van der Waals surface area contributed by atoms with Gasteiger partial charge in [0.25, 0.3) is 0 Å². The van der Waals surface area contributed by atoms with Crippen LogP contribution in [-0.2, 0) is 4.74 Å². The molecule has 1 aromatic carbocycles. The second-order valence-corrected chi connectivity index (χ2v) is 7.10. The molecule has 0 atom stereocenters. The summed E-state index contributed by atoms with van der Waals surface area (Å²) in [6.07, 6.45) is 0. The average molecular weight is 391 g/mol. The maximum atomic E-state index is 12.3. The Balaban J connectivity index is 1.87. The Morgan fingerprint density at radius 2 is 2.19 bits per heavy atom. The Morgan fingerprint density at radius 1 is 1.38 bits per heavy atom. The first kappa shape index (κ1) is 18.5. The van der Waals surface area contributed by atoms with Gasteiger partial charge in [-0.1, -0.05) is 29.4 Å². The molecular weight excluding hydrogens is 372 g/mol. The van der Waals surface area contributed by atoms with Crippen LogP contribution >= 0.6 is 23.4 Å². The van der Waals surface area contributed by atoms with E-state index < -0.39 is 0 Å². The van der Waals surface area contributed by atoms with Crippen molar-refractivity contribution >= 4 is 45.9 Å². The molecule has 1 aliphatic rings. The van der Waals surface area contributed by atoms with Crippen molar-refractivity contribution in [2.45, 2.75) is 20.8 Å². The fraction of sp³-hybridized carbons (Fsp3) is 0.278. The SMILES string of the molecule is CCOC(=O)c1c(C)[nH]c(C)c1C1=NNC(=Nc2cccc(Cl)c2)SC1. The van der Waals surface area contributed by atoms with Gasteiger partial charge in [0.05, 0.1) is 23.6 Å². The van der Waals surface area contributed by atoms with E-state index in [0.717, 1.165) is 28.4 Å². The Bertz CT molecular complexity index is 905. The van der Waals surface area contributed by atoms with E-state index in [9.17, 15) is 4.79 Å². The predicted octanol–water partition coefficient (Wildman–Crippen LogP) is 4.19. The second-order valence-electron chi connectivity index (χ2n) is 5.70. The van der Waals surface area contributed by atoms with Gasteiger partial charge in [0.1, 0.15) is 0 Å². The first-order valence-corrected chi connectivity index (χ1v) is 9.52. The van der Waals surface area contributed by atoms with Crippen LogP contribution in [0.3, 0.4) is 0 Å². The number of aliphatic imine (C=N–C) groups is 1. The number of esters is 1. The molecule has 26 heavy (non-hydrogen) atoms. The number of hydrogen-bond donors (Lipinski definition) is 2. The Morgan fingerprint density at radius 3 is 2.85 bits per heavy atom. The third kappa shape index (κ3) is 3.94. The molecule has 3 rings (SSSR count). The van der Waals surface area contributed by atoms with E-state index in [1.807, 2.05) is 26.0 Å². The average Bonchev–Trinajstić information content (AvgIpc) is 2.90. The number of thioether (sulfide) groups is 1. The van der Waals surface area contributed by atoms with Crippen LogP contribution in [0, 0.1) is 13.8 Å². The number of hydrazone groups is 1. The van der Waals surface area contributed by atoms with Crippen LogP contribution in [0.2, 0.25) is 5.02 Å². The molecule has 0 aliphatic carbocycles. The van der Waals surface area contributed by atoms with E-state index in [-0.39, 0.29) is 5.97 Å². The van der Waals surface area contributed by atoms with Crippen molar-refractivity contribution < 1.29 is 9.53 Å². The fourth-order valence-electron chi connectivity index (χ4n) is 2.77. The summed E-state index contributed by atoms with van der Waals surface area (Å²) in [5.74, 6) is 0.257. The topological polar surface area (TPSA) is 78.8 Å². The summed E-state index contributed by atoms with van der Waals surface area (Å²) in [7, 11) is 0. The molecule has 1 aliphatic heterocycles. The number of hydrogen-bond acceptors (Lipinski definition) is 5. The molecule has 0 saturated carbocycles. The van der Waals surface area contributed by atoms with Crippen LogP contribution in [0.5, 0.6) is 0 Å². The van der Waals surface area contributed by atoms with Gasteiger partial charge in [-0.05, 0) is 39.0 Å². The lowest BCUT2D eigenvalue weighted by Gasteiger charge is -2.16. The quantitative estimate of drug-likeness (QED) is 0.767. The Hall–Kier alpha value is -2.25. The molecule has 1 aromatic heterocycles. The Labute approximate surface area is 161 Å². The van der Waals surface area contributed by atoms with Gasteiger partial charge in [0, 0.05) is 27.7 Å². The molecule has 0 amide bonds. The number of amidine groups is 1. The van der Waals surface area contributed by atoms with E-state index in [1.165, 1.54) is 11.8 Å². The summed E-state index contributed by atoms with van der Waals surface area (Å²) in [6, 6.07) is 7.31. The van der Waals surface area contributed by atoms with Crippen LogP contribution in [0.25, 0.3) is 0 Å². The molecule has 6 nitrogen and oxygen atoms in total. The molecule has 136 valence electrons. The van der Waals surface area contributed by atoms with Crippen LogP contribution in [0.1, 0.15) is 34.2 Å². The van der Waals surface area contributed by atoms with Crippen molar-refractivity contribution in [2.24, 2.45) is 10.1 Å². The van der Waals surface area contributed by atoms with Crippen LogP contribution in [0.4, 0.5) is 5.69 Å². The largest absolute Gasteiger partial charge is 0.462 e. The minimum absolute atomic E-state index is 0.331. The number of rotatable bonds is 4. The molecule has 2 aromatic rings. The number of aromatic nitrogens is 1. The van der Waals surface area contributed by atoms with E-state index in [4.69, 9.17) is 16.3 Å². The Kier molecular flexibility index (Phi) is 5.68. The molecule has 0 spiro atoms. The predicted molar refractivity (Wildman–Crippen MR) is 107 cm³/mol. The standard InChI is InChI=1S/C18H19ClN4O2S/c1-4-25-17(24)16-11(3)20-10(2)15(16)14-9-26-18(23-22-14)21-13-7-5-6-12(19)8-13/h5-8,20H,4,9H2,1-3H3,(H,21,23). The number of nitrogens with zero attached hydrogens (tertiary/aromatic N) is 2. The fourth-order valence-corrected chi connectivity index (χ4v) is 3.71. The van der Waals surface area contributed by atoms with E-state index in [0.29, 0.717) is 28.1 Å². The zero-order valence-electron chi connectivity index (χ0n) is 14.7. The van der Waals surface area contributed by atoms with Crippen molar-refractivity contribution in [3.05, 3.63) is 51.8 Å². The number of benzene rings is 1. The van der Waals surface area contributed by atoms with E-state index in [1.54, 1.807) is 19.1 Å². The van der Waals surface area contributed by atoms with E-state index in [2.05, 4.69) is 20.5 Å². The molecule has 0 saturated heterocycles. The monoisotopic (exact) mass is 390 g/mol. The van der Waals surface area contributed by atoms with Gasteiger partial charge in [-0.3, -0.25) is 5.43 Å². The summed E-state index contributed by atoms with van der Waals surface area (Å²) in [6.45, 7) is 5.91. The van der Waals surface area contributed by atoms with E-state index >= 15 is 0 Å². The number of carbonyl (C=O) groups is 1. The normalized spacial score (nSPS) is 15.5. The van der Waals surface area contributed by atoms with Crippen molar-refractivity contribution in [1.82, 2.24) is 10.4 Å². The number of H-pyrrole nitrogens is 1. The second kappa shape index (κ2) is 7.97. The zero-order valence-corrected chi connectivity index (χ0v) is 16.3. The van der Waals surface area contributed by atoms with Gasteiger partial charge in [-0.15, -0.1) is 0 Å². The summed E-state index contributed by atoms with van der Waals surface area (Å²) < 4.78 is 5.19. The molecule has 8 heteroatoms. The van der Waals surface area contributed by atoms with Crippen molar-refractivity contribution in [3.8, 4) is 0 Å². The van der Waals surface area contributed by atoms with Crippen LogP contribution < -0.4 is 5.43 Å². The summed E-state index contributed by atoms with van der Waals surface area (Å²) in [4.78, 5) is 20.0. The maximum Gasteiger partial charge on any atom is 0.340 e. The van der Waals surface area contributed by atoms with Gasteiger partial charge in [0.2, 0.25) is 0 Å². The minimum atomic E-state index is -0.338. The highest BCUT2D eigenvalue weighted by atomic mass is 35.5. The smallest absolute Gasteiger partial charge is 0.340 e. The number of halogens is 1.